The molecule has 0 aromatic rings. The first-order valence-corrected chi connectivity index (χ1v) is 8.66. The lowest BCUT2D eigenvalue weighted by atomic mass is 9.96. The largest absolute Gasteiger partial charge is 0.441 e. The molecule has 0 aliphatic carbocycles. The van der Waals surface area contributed by atoms with Crippen molar-refractivity contribution in [2.24, 2.45) is 0 Å². The molecule has 6 atom stereocenters. The van der Waals surface area contributed by atoms with Crippen molar-refractivity contribution < 1.29 is 49.0 Å². The summed E-state index contributed by atoms with van der Waals surface area (Å²) in [4.78, 5) is 23.5. The molecule has 0 aromatic heterocycles. The molecular weight excluding hydrogens is 368 g/mol. The summed E-state index contributed by atoms with van der Waals surface area (Å²) in [6.45, 7) is 0.576. The third kappa shape index (κ3) is 5.72. The number of rotatable bonds is 7. The van der Waals surface area contributed by atoms with Crippen LogP contribution < -0.4 is 10.6 Å². The van der Waals surface area contributed by atoms with Gasteiger partial charge >= 0.3 is 6.09 Å². The lowest BCUT2D eigenvalue weighted by molar-refractivity contribution is -0.338. The van der Waals surface area contributed by atoms with Crippen LogP contribution in [0.5, 0.6) is 0 Å². The summed E-state index contributed by atoms with van der Waals surface area (Å²) in [5, 5.41) is 43.0. The highest BCUT2D eigenvalue weighted by Crippen LogP contribution is 2.27. The fourth-order valence-electron chi connectivity index (χ4n) is 2.73. The third-order valence-corrected chi connectivity index (χ3v) is 4.11. The first-order chi connectivity index (χ1) is 12.9. The van der Waals surface area contributed by atoms with E-state index < -0.39 is 62.5 Å². The van der Waals surface area contributed by atoms with Crippen LogP contribution in [0, 0.1) is 0 Å². The Kier molecular flexibility index (Phi) is 8.16. The highest BCUT2D eigenvalue weighted by Gasteiger charge is 2.49. The molecule has 2 rings (SSSR count). The molecule has 2 amide bonds. The predicted octanol–water partition coefficient (Wildman–Crippen LogP) is -2.87. The number of carbonyl (C=O) groups is 2. The zero-order chi connectivity index (χ0) is 20.0. The van der Waals surface area contributed by atoms with E-state index in [2.05, 4.69) is 10.6 Å². The SMILES string of the molecule is CCCC(=O)N[C@H]1C(O)O[C@@H]2COC(NC(=O)OC(CO)CO)O[C@H]2[C@@H]1O. The second-order valence-corrected chi connectivity index (χ2v) is 6.20. The molecule has 2 saturated heterocycles. The zero-order valence-corrected chi connectivity index (χ0v) is 14.8. The van der Waals surface area contributed by atoms with E-state index in [1.807, 2.05) is 6.92 Å². The van der Waals surface area contributed by atoms with Gasteiger partial charge in [-0.3, -0.25) is 10.1 Å². The minimum Gasteiger partial charge on any atom is -0.441 e. The molecular formula is C15H26N2O10. The maximum absolute atomic E-state index is 11.8. The van der Waals surface area contributed by atoms with Crippen molar-refractivity contribution in [3.05, 3.63) is 0 Å². The molecule has 12 nitrogen and oxygen atoms in total. The molecule has 0 aromatic carbocycles. The summed E-state index contributed by atoms with van der Waals surface area (Å²) in [5.74, 6) is -0.355. The highest BCUT2D eigenvalue weighted by molar-refractivity contribution is 5.76. The maximum Gasteiger partial charge on any atom is 0.411 e. The second kappa shape index (κ2) is 10.1. The van der Waals surface area contributed by atoms with Crippen LogP contribution in [0.25, 0.3) is 0 Å². The molecule has 0 bridgehead atoms. The molecule has 2 fully saturated rings. The summed E-state index contributed by atoms with van der Waals surface area (Å²) in [6.07, 6.45) is -7.15. The standard InChI is InChI=1S/C15H26N2O10/c1-2-3-9(20)16-10-11(21)12-8(26-13(10)22)6-24-15(27-12)17-14(23)25-7(4-18)5-19/h7-8,10-13,15,18-19,21-22H,2-6H2,1H3,(H,16,20)(H,17,23)/t8-,10-,11-,12-,13?,15?/m1/s1. The van der Waals surface area contributed by atoms with Crippen LogP contribution in [-0.4, -0.2) is 95.4 Å². The third-order valence-electron chi connectivity index (χ3n) is 4.11. The fraction of sp³-hybridized carbons (Fsp3) is 0.867. The lowest BCUT2D eigenvalue weighted by Crippen LogP contribution is -2.68. The van der Waals surface area contributed by atoms with Gasteiger partial charge in [0.1, 0.15) is 30.5 Å². The van der Waals surface area contributed by atoms with E-state index in [0.29, 0.717) is 6.42 Å². The van der Waals surface area contributed by atoms with Crippen LogP contribution in [0.3, 0.4) is 0 Å². The highest BCUT2D eigenvalue weighted by atomic mass is 16.7. The Hall–Kier alpha value is -1.54. The van der Waals surface area contributed by atoms with Crippen LogP contribution >= 0.6 is 0 Å². The number of amides is 2. The number of alkyl carbamates (subject to hydrolysis) is 1. The minimum atomic E-state index is -1.45. The first-order valence-electron chi connectivity index (χ1n) is 8.66. The van der Waals surface area contributed by atoms with Gasteiger partial charge in [-0.05, 0) is 6.42 Å². The number of ether oxygens (including phenoxy) is 4. The smallest absolute Gasteiger partial charge is 0.411 e. The van der Waals surface area contributed by atoms with Crippen molar-refractivity contribution in [3.63, 3.8) is 0 Å². The van der Waals surface area contributed by atoms with Gasteiger partial charge in [-0.15, -0.1) is 0 Å². The number of fused-ring (bicyclic) bond motifs is 1. The maximum atomic E-state index is 11.8. The van der Waals surface area contributed by atoms with Crippen molar-refractivity contribution in [2.45, 2.75) is 62.9 Å². The van der Waals surface area contributed by atoms with E-state index in [0.717, 1.165) is 0 Å². The van der Waals surface area contributed by atoms with Gasteiger partial charge in [0.05, 0.1) is 19.8 Å². The van der Waals surface area contributed by atoms with Crippen LogP contribution in [0.15, 0.2) is 0 Å². The van der Waals surface area contributed by atoms with E-state index in [4.69, 9.17) is 29.2 Å². The van der Waals surface area contributed by atoms with Crippen LogP contribution in [0.1, 0.15) is 19.8 Å². The molecule has 0 radical (unpaired) electrons. The Morgan fingerprint density at radius 2 is 1.89 bits per heavy atom. The van der Waals surface area contributed by atoms with Gasteiger partial charge < -0.3 is 44.7 Å². The molecule has 2 aliphatic heterocycles. The molecule has 2 aliphatic rings. The van der Waals surface area contributed by atoms with Crippen molar-refractivity contribution >= 4 is 12.0 Å². The van der Waals surface area contributed by atoms with Gasteiger partial charge in [-0.2, -0.15) is 0 Å². The van der Waals surface area contributed by atoms with E-state index in [-0.39, 0.29) is 18.9 Å². The minimum absolute atomic E-state index is 0.108. The summed E-state index contributed by atoms with van der Waals surface area (Å²) in [7, 11) is 0. The zero-order valence-electron chi connectivity index (χ0n) is 14.8. The Labute approximate surface area is 155 Å². The fourth-order valence-corrected chi connectivity index (χ4v) is 2.73. The Balaban J connectivity index is 1.93. The predicted molar refractivity (Wildman–Crippen MR) is 85.9 cm³/mol. The monoisotopic (exact) mass is 394 g/mol. The van der Waals surface area contributed by atoms with Gasteiger partial charge in [-0.1, -0.05) is 6.92 Å². The molecule has 6 N–H and O–H groups in total. The molecule has 0 spiro atoms. The Bertz CT molecular complexity index is 503. The summed E-state index contributed by atoms with van der Waals surface area (Å²) in [6, 6.07) is -1.11. The molecule has 12 heteroatoms. The summed E-state index contributed by atoms with van der Waals surface area (Å²) < 4.78 is 20.7. The number of nitrogens with one attached hydrogen (secondary N) is 2. The molecule has 2 heterocycles. The lowest BCUT2D eigenvalue weighted by Gasteiger charge is -2.46. The number of aliphatic hydroxyl groups is 4. The van der Waals surface area contributed by atoms with Crippen molar-refractivity contribution in [1.82, 2.24) is 10.6 Å². The van der Waals surface area contributed by atoms with Gasteiger partial charge in [0.2, 0.25) is 12.3 Å². The quantitative estimate of drug-likeness (QED) is 0.263. The Morgan fingerprint density at radius 1 is 1.19 bits per heavy atom. The average Bonchev–Trinajstić information content (AvgIpc) is 2.64. The second-order valence-electron chi connectivity index (χ2n) is 6.20. The van der Waals surface area contributed by atoms with Gasteiger partial charge in [0, 0.05) is 6.42 Å². The molecule has 0 saturated carbocycles. The van der Waals surface area contributed by atoms with E-state index in [9.17, 15) is 19.8 Å². The van der Waals surface area contributed by atoms with Gasteiger partial charge in [-0.25, -0.2) is 4.79 Å². The molecule has 2 unspecified atom stereocenters. The topological polar surface area (TPSA) is 176 Å². The number of hydrogen-bond donors (Lipinski definition) is 6. The number of aliphatic hydroxyl groups excluding tert-OH is 4. The van der Waals surface area contributed by atoms with Crippen LogP contribution in [-0.2, 0) is 23.7 Å². The van der Waals surface area contributed by atoms with Crippen molar-refractivity contribution in [1.29, 1.82) is 0 Å². The van der Waals surface area contributed by atoms with Crippen molar-refractivity contribution in [2.75, 3.05) is 19.8 Å². The van der Waals surface area contributed by atoms with Gasteiger partial charge in [0.15, 0.2) is 6.29 Å². The average molecular weight is 394 g/mol. The van der Waals surface area contributed by atoms with Gasteiger partial charge in [0.25, 0.3) is 0 Å². The molecule has 27 heavy (non-hydrogen) atoms. The van der Waals surface area contributed by atoms with Crippen LogP contribution in [0.4, 0.5) is 4.79 Å². The van der Waals surface area contributed by atoms with E-state index >= 15 is 0 Å². The summed E-state index contributed by atoms with van der Waals surface area (Å²) in [5.41, 5.74) is 0. The number of hydrogen-bond acceptors (Lipinski definition) is 10. The summed E-state index contributed by atoms with van der Waals surface area (Å²) >= 11 is 0. The van der Waals surface area contributed by atoms with E-state index in [1.165, 1.54) is 0 Å². The molecule has 156 valence electrons. The van der Waals surface area contributed by atoms with Crippen LogP contribution in [0.2, 0.25) is 0 Å². The van der Waals surface area contributed by atoms with Crippen molar-refractivity contribution in [3.8, 4) is 0 Å². The normalized spacial score (nSPS) is 33.3. The Morgan fingerprint density at radius 3 is 2.52 bits per heavy atom. The number of carbonyl (C=O) groups excluding carboxylic acids is 2. The van der Waals surface area contributed by atoms with E-state index in [1.54, 1.807) is 0 Å². The first kappa shape index (κ1) is 21.8.